The largest absolute Gasteiger partial charge is 0.480 e. The van der Waals surface area contributed by atoms with Crippen LogP contribution in [0.4, 0.5) is 14.9 Å². The topological polar surface area (TPSA) is 105 Å². The van der Waals surface area contributed by atoms with E-state index in [0.29, 0.717) is 23.4 Å². The molecule has 2 aromatic carbocycles. The van der Waals surface area contributed by atoms with Crippen molar-refractivity contribution in [2.45, 2.75) is 32.4 Å². The summed E-state index contributed by atoms with van der Waals surface area (Å²) in [7, 11) is 1.34. The van der Waals surface area contributed by atoms with E-state index in [1.165, 1.54) is 19.2 Å². The average Bonchev–Trinajstić information content (AvgIpc) is 2.77. The standard InChI is InChI=1S/C23H27FN2O6/c1-3-12-31-15-20(22(28)29)26(2)23(30)32-14-17-6-10-19(11-7-17)25-21(27)13-16-4-8-18(24)9-5-16/h4-11,20H,3,12-15H2,1-2H3,(H,25,27)(H,28,29)/t20-/m0/s1. The number of carbonyl (C=O) groups excluding carboxylic acids is 2. The monoisotopic (exact) mass is 446 g/mol. The first-order valence-corrected chi connectivity index (χ1v) is 10.1. The minimum atomic E-state index is -1.18. The summed E-state index contributed by atoms with van der Waals surface area (Å²) >= 11 is 0. The molecule has 0 saturated heterocycles. The molecule has 0 spiro atoms. The van der Waals surface area contributed by atoms with E-state index in [4.69, 9.17) is 9.47 Å². The van der Waals surface area contributed by atoms with Gasteiger partial charge < -0.3 is 19.9 Å². The summed E-state index contributed by atoms with van der Waals surface area (Å²) in [4.78, 5) is 36.7. The smallest absolute Gasteiger partial charge is 0.410 e. The number of carboxylic acid groups (broad SMARTS) is 1. The number of benzene rings is 2. The second-order valence-electron chi connectivity index (χ2n) is 7.14. The Kier molecular flexibility index (Phi) is 9.62. The molecule has 9 heteroatoms. The summed E-state index contributed by atoms with van der Waals surface area (Å²) in [5.74, 6) is -1.79. The van der Waals surface area contributed by atoms with Gasteiger partial charge in [-0.1, -0.05) is 31.2 Å². The molecule has 0 radical (unpaired) electrons. The number of aliphatic carboxylic acids is 1. The number of nitrogens with zero attached hydrogens (tertiary/aromatic N) is 1. The van der Waals surface area contributed by atoms with E-state index in [2.05, 4.69) is 5.32 Å². The molecule has 172 valence electrons. The molecule has 2 N–H and O–H groups in total. The fourth-order valence-electron chi connectivity index (χ4n) is 2.74. The molecule has 0 unspecified atom stereocenters. The number of rotatable bonds is 11. The summed E-state index contributed by atoms with van der Waals surface area (Å²) in [5.41, 5.74) is 1.91. The quantitative estimate of drug-likeness (QED) is 0.512. The minimum Gasteiger partial charge on any atom is -0.480 e. The number of carboxylic acids is 1. The first-order chi connectivity index (χ1) is 15.3. The van der Waals surface area contributed by atoms with Gasteiger partial charge in [-0.3, -0.25) is 9.69 Å². The number of halogens is 1. The zero-order valence-corrected chi connectivity index (χ0v) is 18.0. The van der Waals surface area contributed by atoms with E-state index >= 15 is 0 Å². The van der Waals surface area contributed by atoms with Crippen LogP contribution in [0.2, 0.25) is 0 Å². The molecule has 0 saturated carbocycles. The third-order valence-corrected chi connectivity index (χ3v) is 4.54. The third-order valence-electron chi connectivity index (χ3n) is 4.54. The molecule has 2 aromatic rings. The summed E-state index contributed by atoms with van der Waals surface area (Å²) in [6.45, 7) is 2.12. The minimum absolute atomic E-state index is 0.0604. The van der Waals surface area contributed by atoms with Gasteiger partial charge in [0.25, 0.3) is 0 Å². The molecule has 0 bridgehead atoms. The number of ether oxygens (including phenoxy) is 2. The third kappa shape index (κ3) is 7.99. The van der Waals surface area contributed by atoms with Crippen LogP contribution in [0, 0.1) is 5.82 Å². The van der Waals surface area contributed by atoms with Gasteiger partial charge in [0.05, 0.1) is 13.0 Å². The van der Waals surface area contributed by atoms with Gasteiger partial charge in [0.2, 0.25) is 5.91 Å². The van der Waals surface area contributed by atoms with Crippen molar-refractivity contribution in [2.75, 3.05) is 25.6 Å². The van der Waals surface area contributed by atoms with Gasteiger partial charge in [0, 0.05) is 19.3 Å². The summed E-state index contributed by atoms with van der Waals surface area (Å²) in [6, 6.07) is 11.2. The first kappa shape index (κ1) is 24.8. The van der Waals surface area contributed by atoms with Gasteiger partial charge in [-0.05, 0) is 41.8 Å². The lowest BCUT2D eigenvalue weighted by Crippen LogP contribution is -2.45. The van der Waals surface area contributed by atoms with Crippen LogP contribution >= 0.6 is 0 Å². The number of carbonyl (C=O) groups is 3. The number of hydrogen-bond acceptors (Lipinski definition) is 5. The van der Waals surface area contributed by atoms with Crippen LogP contribution in [-0.2, 0) is 32.1 Å². The van der Waals surface area contributed by atoms with Gasteiger partial charge in [0.15, 0.2) is 6.04 Å². The van der Waals surface area contributed by atoms with Crippen molar-refractivity contribution in [2.24, 2.45) is 0 Å². The molecule has 2 amide bonds. The number of likely N-dealkylation sites (N-methyl/N-ethyl adjacent to an activating group) is 1. The van der Waals surface area contributed by atoms with E-state index in [1.807, 2.05) is 6.92 Å². The zero-order chi connectivity index (χ0) is 23.5. The van der Waals surface area contributed by atoms with E-state index < -0.39 is 18.1 Å². The van der Waals surface area contributed by atoms with E-state index in [1.54, 1.807) is 36.4 Å². The summed E-state index contributed by atoms with van der Waals surface area (Å²) in [6.07, 6.45) is 0.0659. The number of nitrogens with one attached hydrogen (secondary N) is 1. The van der Waals surface area contributed by atoms with Crippen molar-refractivity contribution < 1.29 is 33.4 Å². The van der Waals surface area contributed by atoms with E-state index in [9.17, 15) is 23.9 Å². The van der Waals surface area contributed by atoms with Crippen LogP contribution in [0.25, 0.3) is 0 Å². The molecule has 0 aromatic heterocycles. The van der Waals surface area contributed by atoms with Gasteiger partial charge >= 0.3 is 12.1 Å². The lowest BCUT2D eigenvalue weighted by atomic mass is 10.1. The van der Waals surface area contributed by atoms with Crippen molar-refractivity contribution in [3.05, 3.63) is 65.5 Å². The Morgan fingerprint density at radius 1 is 1.06 bits per heavy atom. The van der Waals surface area contributed by atoms with Crippen molar-refractivity contribution in [1.82, 2.24) is 4.90 Å². The predicted octanol–water partition coefficient (Wildman–Crippen LogP) is 3.46. The first-order valence-electron chi connectivity index (χ1n) is 10.1. The number of hydrogen-bond donors (Lipinski definition) is 2. The molecule has 0 fully saturated rings. The highest BCUT2D eigenvalue weighted by atomic mass is 19.1. The summed E-state index contributed by atoms with van der Waals surface area (Å²) < 4.78 is 23.4. The second-order valence-corrected chi connectivity index (χ2v) is 7.14. The van der Waals surface area contributed by atoms with Crippen molar-refractivity contribution in [1.29, 1.82) is 0 Å². The molecule has 8 nitrogen and oxygen atoms in total. The van der Waals surface area contributed by atoms with Crippen LogP contribution in [0.1, 0.15) is 24.5 Å². The van der Waals surface area contributed by atoms with Crippen LogP contribution in [-0.4, -0.2) is 54.3 Å². The van der Waals surface area contributed by atoms with Gasteiger partial charge in [-0.2, -0.15) is 0 Å². The SMILES string of the molecule is CCCOC[C@@H](C(=O)O)N(C)C(=O)OCc1ccc(NC(=O)Cc2ccc(F)cc2)cc1. The Morgan fingerprint density at radius 3 is 2.28 bits per heavy atom. The normalized spacial score (nSPS) is 11.5. The highest BCUT2D eigenvalue weighted by molar-refractivity contribution is 5.92. The molecular weight excluding hydrogens is 419 g/mol. The molecule has 32 heavy (non-hydrogen) atoms. The molecular formula is C23H27FN2O6. The maximum absolute atomic E-state index is 12.9. The van der Waals surface area contributed by atoms with Crippen LogP contribution in [0.15, 0.2) is 48.5 Å². The van der Waals surface area contributed by atoms with E-state index in [0.717, 1.165) is 11.3 Å². The highest BCUT2D eigenvalue weighted by Crippen LogP contribution is 2.13. The Bertz CT molecular complexity index is 902. The Balaban J connectivity index is 1.83. The maximum Gasteiger partial charge on any atom is 0.410 e. The van der Waals surface area contributed by atoms with Crippen molar-refractivity contribution in [3.8, 4) is 0 Å². The van der Waals surface area contributed by atoms with Crippen molar-refractivity contribution in [3.63, 3.8) is 0 Å². The number of amides is 2. The van der Waals surface area contributed by atoms with Crippen molar-refractivity contribution >= 4 is 23.7 Å². The molecule has 0 heterocycles. The fraction of sp³-hybridized carbons (Fsp3) is 0.348. The highest BCUT2D eigenvalue weighted by Gasteiger charge is 2.27. The predicted molar refractivity (Wildman–Crippen MR) is 116 cm³/mol. The second kappa shape index (κ2) is 12.4. The number of anilines is 1. The van der Waals surface area contributed by atoms with Crippen LogP contribution in [0.3, 0.4) is 0 Å². The maximum atomic E-state index is 12.9. The molecule has 0 aliphatic rings. The Labute approximate surface area is 185 Å². The van der Waals surface area contributed by atoms with Gasteiger partial charge in [0.1, 0.15) is 12.4 Å². The average molecular weight is 446 g/mol. The van der Waals surface area contributed by atoms with E-state index in [-0.39, 0.29) is 31.4 Å². The van der Waals surface area contributed by atoms with Crippen LogP contribution in [0.5, 0.6) is 0 Å². The summed E-state index contributed by atoms with van der Waals surface area (Å²) in [5, 5.41) is 12.0. The fourth-order valence-corrected chi connectivity index (χ4v) is 2.74. The van der Waals surface area contributed by atoms with Gasteiger partial charge in [-0.25, -0.2) is 14.0 Å². The molecule has 2 rings (SSSR count). The Hall–Kier alpha value is -3.46. The molecule has 0 aliphatic carbocycles. The van der Waals surface area contributed by atoms with Gasteiger partial charge in [-0.15, -0.1) is 0 Å². The Morgan fingerprint density at radius 2 is 1.69 bits per heavy atom. The molecule has 0 aliphatic heterocycles. The lowest BCUT2D eigenvalue weighted by molar-refractivity contribution is -0.144. The van der Waals surface area contributed by atoms with Crippen LogP contribution < -0.4 is 5.32 Å². The lowest BCUT2D eigenvalue weighted by Gasteiger charge is -2.24. The zero-order valence-electron chi connectivity index (χ0n) is 18.0. The molecule has 1 atom stereocenters.